The number of aromatic amines is 1. The van der Waals surface area contributed by atoms with Crippen molar-refractivity contribution in [2.45, 2.75) is 36.1 Å². The zero-order chi connectivity index (χ0) is 13.1. The van der Waals surface area contributed by atoms with Crippen molar-refractivity contribution in [2.75, 3.05) is 0 Å². The molecule has 100 valence electrons. The lowest BCUT2D eigenvalue weighted by molar-refractivity contribution is 0.676. The highest BCUT2D eigenvalue weighted by Crippen LogP contribution is 2.24. The van der Waals surface area contributed by atoms with E-state index >= 15 is 0 Å². The Morgan fingerprint density at radius 3 is 3.11 bits per heavy atom. The first-order valence-electron chi connectivity index (χ1n) is 6.44. The summed E-state index contributed by atoms with van der Waals surface area (Å²) >= 11 is 7.70. The number of aromatic nitrogens is 2. The van der Waals surface area contributed by atoms with E-state index in [-0.39, 0.29) is 0 Å². The summed E-state index contributed by atoms with van der Waals surface area (Å²) in [5.41, 5.74) is 1.16. The molecule has 0 radical (unpaired) electrons. The lowest BCUT2D eigenvalue weighted by atomic mass is 10.4. The first kappa shape index (κ1) is 13.0. The lowest BCUT2D eigenvalue weighted by Crippen LogP contribution is -2.15. The van der Waals surface area contributed by atoms with Crippen LogP contribution in [0.3, 0.4) is 0 Å². The van der Waals surface area contributed by atoms with E-state index < -0.39 is 0 Å². The van der Waals surface area contributed by atoms with Crippen LogP contribution in [0, 0.1) is 0 Å². The van der Waals surface area contributed by atoms with Crippen LogP contribution in [-0.2, 0) is 12.3 Å². The molecule has 1 saturated carbocycles. The highest BCUT2D eigenvalue weighted by molar-refractivity contribution is 7.98. The molecule has 1 aromatic carbocycles. The summed E-state index contributed by atoms with van der Waals surface area (Å²) in [4.78, 5) is 8.92. The first-order valence-corrected chi connectivity index (χ1v) is 7.80. The molecule has 1 aromatic heterocycles. The van der Waals surface area contributed by atoms with Crippen LogP contribution in [0.2, 0.25) is 5.02 Å². The molecule has 1 fully saturated rings. The molecular weight excluding hydrogens is 278 g/mol. The van der Waals surface area contributed by atoms with E-state index in [0.29, 0.717) is 0 Å². The van der Waals surface area contributed by atoms with Gasteiger partial charge in [-0.2, -0.15) is 0 Å². The van der Waals surface area contributed by atoms with Gasteiger partial charge in [-0.1, -0.05) is 17.7 Å². The molecule has 3 rings (SSSR count). The molecule has 0 saturated heterocycles. The molecule has 0 spiro atoms. The Morgan fingerprint density at radius 2 is 2.32 bits per heavy atom. The van der Waals surface area contributed by atoms with E-state index in [2.05, 4.69) is 21.4 Å². The van der Waals surface area contributed by atoms with E-state index in [1.54, 1.807) is 11.8 Å². The number of H-pyrrole nitrogens is 1. The van der Waals surface area contributed by atoms with Gasteiger partial charge in [-0.15, -0.1) is 11.8 Å². The van der Waals surface area contributed by atoms with Crippen molar-refractivity contribution in [3.8, 4) is 0 Å². The normalized spacial score (nSPS) is 14.8. The average molecular weight is 294 g/mol. The molecule has 0 unspecified atom stereocenters. The number of nitrogens with zero attached hydrogens (tertiary/aromatic N) is 1. The van der Waals surface area contributed by atoms with E-state index in [1.165, 1.54) is 17.7 Å². The Hall–Kier alpha value is -0.970. The third-order valence-electron chi connectivity index (χ3n) is 3.01. The van der Waals surface area contributed by atoms with Crippen LogP contribution in [0.15, 0.2) is 35.4 Å². The van der Waals surface area contributed by atoms with Gasteiger partial charge in [-0.3, -0.25) is 0 Å². The molecule has 19 heavy (non-hydrogen) atoms. The second kappa shape index (κ2) is 5.99. The van der Waals surface area contributed by atoms with Crippen LogP contribution in [0.4, 0.5) is 0 Å². The summed E-state index contributed by atoms with van der Waals surface area (Å²) in [6.45, 7) is 0.888. The summed E-state index contributed by atoms with van der Waals surface area (Å²) in [7, 11) is 0. The first-order chi connectivity index (χ1) is 9.29. The fraction of sp³-hybridized carbons (Fsp3) is 0.357. The molecule has 3 nitrogen and oxygen atoms in total. The molecule has 0 aliphatic heterocycles. The Labute approximate surface area is 122 Å². The topological polar surface area (TPSA) is 40.7 Å². The van der Waals surface area contributed by atoms with Crippen molar-refractivity contribution in [1.82, 2.24) is 15.3 Å². The van der Waals surface area contributed by atoms with Crippen LogP contribution in [0.25, 0.3) is 0 Å². The summed E-state index contributed by atoms with van der Waals surface area (Å²) in [6, 6.07) is 8.63. The molecule has 1 aliphatic rings. The van der Waals surface area contributed by atoms with Gasteiger partial charge in [0.25, 0.3) is 0 Å². The zero-order valence-corrected chi connectivity index (χ0v) is 12.1. The summed E-state index contributed by atoms with van der Waals surface area (Å²) in [5, 5.41) is 4.25. The average Bonchev–Trinajstić information content (AvgIpc) is 3.13. The lowest BCUT2D eigenvalue weighted by Gasteiger charge is -2.00. The number of halogens is 1. The van der Waals surface area contributed by atoms with E-state index in [9.17, 15) is 0 Å². The van der Waals surface area contributed by atoms with Gasteiger partial charge in [-0.25, -0.2) is 4.98 Å². The molecule has 1 aliphatic carbocycles. The quantitative estimate of drug-likeness (QED) is 0.800. The van der Waals surface area contributed by atoms with E-state index in [4.69, 9.17) is 11.6 Å². The molecule has 2 aromatic rings. The van der Waals surface area contributed by atoms with Crippen molar-refractivity contribution >= 4 is 23.4 Å². The van der Waals surface area contributed by atoms with Crippen LogP contribution < -0.4 is 5.32 Å². The Bertz CT molecular complexity index is 551. The summed E-state index contributed by atoms with van der Waals surface area (Å²) in [5.74, 6) is 1.85. The van der Waals surface area contributed by atoms with Crippen LogP contribution >= 0.6 is 23.4 Å². The third kappa shape index (κ3) is 4.00. The maximum absolute atomic E-state index is 5.96. The van der Waals surface area contributed by atoms with Crippen molar-refractivity contribution in [3.63, 3.8) is 0 Å². The maximum Gasteiger partial charge on any atom is 0.116 e. The van der Waals surface area contributed by atoms with Crippen LogP contribution in [0.1, 0.15) is 24.4 Å². The molecule has 0 atom stereocenters. The Kier molecular flexibility index (Phi) is 4.11. The van der Waals surface area contributed by atoms with Crippen LogP contribution in [0.5, 0.6) is 0 Å². The van der Waals surface area contributed by atoms with Crippen molar-refractivity contribution in [2.24, 2.45) is 0 Å². The minimum Gasteiger partial charge on any atom is -0.344 e. The number of thioether (sulfide) groups is 1. The molecule has 0 amide bonds. The molecule has 2 N–H and O–H groups in total. The standard InChI is InChI=1S/C14H16ClN3S/c15-10-2-1-3-13(6-10)19-9-14-17-8-12(18-14)7-16-11-4-5-11/h1-3,6,8,11,16H,4-5,7,9H2,(H,17,18). The highest BCUT2D eigenvalue weighted by atomic mass is 35.5. The van der Waals surface area contributed by atoms with Gasteiger partial charge in [0, 0.05) is 34.4 Å². The highest BCUT2D eigenvalue weighted by Gasteiger charge is 2.20. The van der Waals surface area contributed by atoms with Gasteiger partial charge < -0.3 is 10.3 Å². The smallest absolute Gasteiger partial charge is 0.116 e. The van der Waals surface area contributed by atoms with Gasteiger partial charge in [0.05, 0.1) is 5.75 Å². The molecule has 0 bridgehead atoms. The molecule has 5 heteroatoms. The maximum atomic E-state index is 5.96. The number of hydrogen-bond acceptors (Lipinski definition) is 3. The fourth-order valence-corrected chi connectivity index (χ4v) is 2.91. The second-order valence-electron chi connectivity index (χ2n) is 4.76. The molecular formula is C14H16ClN3S. The van der Waals surface area contributed by atoms with E-state index in [1.807, 2.05) is 24.4 Å². The van der Waals surface area contributed by atoms with Crippen LogP contribution in [-0.4, -0.2) is 16.0 Å². The third-order valence-corrected chi connectivity index (χ3v) is 4.25. The summed E-state index contributed by atoms with van der Waals surface area (Å²) < 4.78 is 0. The number of imidazole rings is 1. The van der Waals surface area contributed by atoms with Gasteiger partial charge in [0.2, 0.25) is 0 Å². The minimum absolute atomic E-state index is 0.729. The number of benzene rings is 1. The predicted octanol–water partition coefficient (Wildman–Crippen LogP) is 3.61. The monoisotopic (exact) mass is 293 g/mol. The van der Waals surface area contributed by atoms with E-state index in [0.717, 1.165) is 34.9 Å². The van der Waals surface area contributed by atoms with Gasteiger partial charge in [-0.05, 0) is 31.0 Å². The number of rotatable bonds is 6. The van der Waals surface area contributed by atoms with Gasteiger partial charge >= 0.3 is 0 Å². The Morgan fingerprint density at radius 1 is 1.42 bits per heavy atom. The predicted molar refractivity (Wildman–Crippen MR) is 79.5 cm³/mol. The minimum atomic E-state index is 0.729. The van der Waals surface area contributed by atoms with Crippen molar-refractivity contribution in [3.05, 3.63) is 47.0 Å². The fourth-order valence-electron chi connectivity index (χ4n) is 1.82. The zero-order valence-electron chi connectivity index (χ0n) is 10.5. The Balaban J connectivity index is 1.51. The molecule has 1 heterocycles. The largest absolute Gasteiger partial charge is 0.344 e. The summed E-state index contributed by atoms with van der Waals surface area (Å²) in [6.07, 6.45) is 4.54. The van der Waals surface area contributed by atoms with Crippen molar-refractivity contribution in [1.29, 1.82) is 0 Å². The van der Waals surface area contributed by atoms with Gasteiger partial charge in [0.1, 0.15) is 5.82 Å². The number of nitrogens with one attached hydrogen (secondary N) is 2. The number of hydrogen-bond donors (Lipinski definition) is 2. The van der Waals surface area contributed by atoms with Gasteiger partial charge in [0.15, 0.2) is 0 Å². The SMILES string of the molecule is Clc1cccc(SCc2ncc(CNC3CC3)[nH]2)c1. The van der Waals surface area contributed by atoms with Crippen molar-refractivity contribution < 1.29 is 0 Å². The second-order valence-corrected chi connectivity index (χ2v) is 6.24.